The number of nitrogens with zero attached hydrogens (tertiary/aromatic N) is 2. The van der Waals surface area contributed by atoms with E-state index in [2.05, 4.69) is 0 Å². The number of benzene rings is 2. The van der Waals surface area contributed by atoms with Crippen LogP contribution in [0.1, 0.15) is 34.3 Å². The number of amidine groups is 2. The van der Waals surface area contributed by atoms with E-state index < -0.39 is 30.3 Å². The van der Waals surface area contributed by atoms with Crippen LogP contribution < -0.4 is 15.2 Å². The van der Waals surface area contributed by atoms with Crippen LogP contribution in [0.2, 0.25) is 0 Å². The second-order valence-electron chi connectivity index (χ2n) is 8.73. The van der Waals surface area contributed by atoms with Crippen molar-refractivity contribution in [2.24, 2.45) is 5.73 Å². The maximum Gasteiger partial charge on any atom is 0.490 e. The number of hydrogen-bond donors (Lipinski definition) is 5. The van der Waals surface area contributed by atoms with Gasteiger partial charge in [0, 0.05) is 24.2 Å². The summed E-state index contributed by atoms with van der Waals surface area (Å²) in [5.41, 5.74) is 7.11. The fourth-order valence-electron chi connectivity index (χ4n) is 3.27. The Balaban J connectivity index is 0.000000629. The van der Waals surface area contributed by atoms with Crippen LogP contribution in [0.4, 0.5) is 26.3 Å². The molecule has 0 unspecified atom stereocenters. The number of rotatable bonds is 9. The molecule has 0 saturated carbocycles. The van der Waals surface area contributed by atoms with Crippen molar-refractivity contribution >= 4 is 29.6 Å². The lowest BCUT2D eigenvalue weighted by molar-refractivity contribution is -0.193. The minimum Gasteiger partial charge on any atom is -0.486 e. The van der Waals surface area contributed by atoms with Crippen LogP contribution in [0.5, 0.6) is 11.5 Å². The lowest BCUT2D eigenvalue weighted by Gasteiger charge is -2.18. The van der Waals surface area contributed by atoms with E-state index in [1.165, 1.54) is 6.07 Å². The van der Waals surface area contributed by atoms with Gasteiger partial charge in [0.15, 0.2) is 18.1 Å². The second kappa shape index (κ2) is 17.7. The van der Waals surface area contributed by atoms with Gasteiger partial charge in [0.25, 0.3) is 0 Å². The van der Waals surface area contributed by atoms with Crippen LogP contribution in [-0.4, -0.2) is 90.0 Å². The molecule has 0 spiro atoms. The number of carboxylic acids is 2. The Kier molecular flexibility index (Phi) is 14.8. The zero-order chi connectivity index (χ0) is 35.1. The highest BCUT2D eigenvalue weighted by atomic mass is 19.4. The number of carbonyl (C=O) groups excluding carboxylic acids is 1. The third-order valence-electron chi connectivity index (χ3n) is 5.42. The molecule has 1 aliphatic rings. The molecule has 0 aromatic heterocycles. The molecule has 1 saturated heterocycles. The molecule has 19 heteroatoms. The Morgan fingerprint density at radius 3 is 1.76 bits per heavy atom. The molecule has 2 aromatic rings. The molecule has 0 radical (unpaired) electrons. The molecule has 1 aliphatic heterocycles. The Morgan fingerprint density at radius 2 is 1.30 bits per heavy atom. The zero-order valence-electron chi connectivity index (χ0n) is 23.6. The van der Waals surface area contributed by atoms with Crippen molar-refractivity contribution in [1.29, 1.82) is 16.1 Å². The van der Waals surface area contributed by atoms with E-state index in [0.29, 0.717) is 28.5 Å². The summed E-state index contributed by atoms with van der Waals surface area (Å²) in [6.07, 6.45) is -7.97. The lowest BCUT2D eigenvalue weighted by atomic mass is 10.1. The number of esters is 1. The van der Waals surface area contributed by atoms with E-state index in [1.807, 2.05) is 11.0 Å². The van der Waals surface area contributed by atoms with Gasteiger partial charge >= 0.3 is 30.3 Å². The summed E-state index contributed by atoms with van der Waals surface area (Å²) in [4.78, 5) is 32.1. The number of halogens is 6. The van der Waals surface area contributed by atoms with Gasteiger partial charge in [-0.15, -0.1) is 0 Å². The highest BCUT2D eigenvalue weighted by molar-refractivity contribution is 5.98. The van der Waals surface area contributed by atoms with Crippen LogP contribution >= 0.6 is 0 Å². The van der Waals surface area contributed by atoms with Crippen molar-refractivity contribution < 1.29 is 65.1 Å². The molecular weight excluding hydrogens is 636 g/mol. The number of nitrogen functional groups attached to an aromatic ring is 1. The van der Waals surface area contributed by atoms with Gasteiger partial charge in [0.05, 0.1) is 5.56 Å². The van der Waals surface area contributed by atoms with Gasteiger partial charge in [-0.2, -0.15) is 31.6 Å². The summed E-state index contributed by atoms with van der Waals surface area (Å²) in [6, 6.07) is 13.4. The number of carbonyl (C=O) groups is 3. The quantitative estimate of drug-likeness (QED) is 0.0854. The molecular formula is C27H27F6N5O8. The SMILES string of the molecule is N#CCOc1ccc(C(=N)N)cc1OCCOC(=O)c1ccc(C(=N)N2CCCC2)cc1.O=C(O)C(F)(F)F.O=C(O)C(F)(F)F. The van der Waals surface area contributed by atoms with Gasteiger partial charge in [0.2, 0.25) is 0 Å². The summed E-state index contributed by atoms with van der Waals surface area (Å²) >= 11 is 0. The van der Waals surface area contributed by atoms with Crippen LogP contribution in [-0.2, 0) is 14.3 Å². The number of nitrogens with one attached hydrogen (secondary N) is 2. The summed E-state index contributed by atoms with van der Waals surface area (Å²) in [6.45, 7) is 1.66. The van der Waals surface area contributed by atoms with E-state index in [-0.39, 0.29) is 25.7 Å². The Hall–Kier alpha value is -5.54. The Morgan fingerprint density at radius 1 is 0.826 bits per heavy atom. The first-order valence-electron chi connectivity index (χ1n) is 12.7. The minimum atomic E-state index is -5.08. The smallest absolute Gasteiger partial charge is 0.486 e. The van der Waals surface area contributed by atoms with Gasteiger partial charge in [0.1, 0.15) is 31.0 Å². The first-order valence-corrected chi connectivity index (χ1v) is 12.7. The molecule has 0 atom stereocenters. The molecule has 250 valence electrons. The van der Waals surface area contributed by atoms with E-state index in [4.69, 9.17) is 55.8 Å². The molecule has 13 nitrogen and oxygen atoms in total. The monoisotopic (exact) mass is 663 g/mol. The fourth-order valence-corrected chi connectivity index (χ4v) is 3.27. The molecule has 6 N–H and O–H groups in total. The highest BCUT2D eigenvalue weighted by Gasteiger charge is 2.38. The van der Waals surface area contributed by atoms with E-state index in [9.17, 15) is 31.1 Å². The number of aliphatic carboxylic acids is 2. The average Bonchev–Trinajstić information content (AvgIpc) is 3.53. The average molecular weight is 664 g/mol. The van der Waals surface area contributed by atoms with Crippen LogP contribution in [0.25, 0.3) is 0 Å². The summed E-state index contributed by atoms with van der Waals surface area (Å²) < 4.78 is 79.7. The molecule has 2 aromatic carbocycles. The topological polar surface area (TPSA) is 220 Å². The highest BCUT2D eigenvalue weighted by Crippen LogP contribution is 2.28. The van der Waals surface area contributed by atoms with E-state index in [0.717, 1.165) is 31.5 Å². The number of alkyl halides is 6. The van der Waals surface area contributed by atoms with Crippen molar-refractivity contribution in [2.75, 3.05) is 32.9 Å². The Bertz CT molecular complexity index is 1400. The maximum atomic E-state index is 12.3. The molecule has 0 amide bonds. The molecule has 3 rings (SSSR count). The van der Waals surface area contributed by atoms with E-state index in [1.54, 1.807) is 36.4 Å². The number of likely N-dealkylation sites (tertiary alicyclic amines) is 1. The molecule has 1 fully saturated rings. The van der Waals surface area contributed by atoms with E-state index >= 15 is 0 Å². The third-order valence-corrected chi connectivity index (χ3v) is 5.42. The maximum absolute atomic E-state index is 12.3. The van der Waals surface area contributed by atoms with Crippen molar-refractivity contribution in [3.63, 3.8) is 0 Å². The number of nitriles is 1. The molecule has 1 heterocycles. The van der Waals surface area contributed by atoms with Crippen molar-refractivity contribution in [1.82, 2.24) is 4.90 Å². The Labute approximate surface area is 256 Å². The first kappa shape index (κ1) is 38.5. The second-order valence-corrected chi connectivity index (χ2v) is 8.73. The van der Waals surface area contributed by atoms with Crippen LogP contribution in [0.3, 0.4) is 0 Å². The third kappa shape index (κ3) is 13.4. The minimum absolute atomic E-state index is 0.00777. The molecule has 0 aliphatic carbocycles. The number of carboxylic acid groups (broad SMARTS) is 2. The summed E-state index contributed by atoms with van der Waals surface area (Å²) in [7, 11) is 0. The summed E-state index contributed by atoms with van der Waals surface area (Å²) in [5, 5.41) is 38.8. The number of hydrogen-bond acceptors (Lipinski definition) is 9. The molecule has 46 heavy (non-hydrogen) atoms. The van der Waals surface area contributed by atoms with Crippen molar-refractivity contribution in [3.05, 3.63) is 59.2 Å². The zero-order valence-corrected chi connectivity index (χ0v) is 23.6. The van der Waals surface area contributed by atoms with Gasteiger partial charge in [-0.1, -0.05) is 12.1 Å². The van der Waals surface area contributed by atoms with Gasteiger partial charge in [-0.3, -0.25) is 10.8 Å². The first-order chi connectivity index (χ1) is 21.4. The summed E-state index contributed by atoms with van der Waals surface area (Å²) in [5.74, 6) is -5.04. The van der Waals surface area contributed by atoms with Gasteiger partial charge in [-0.05, 0) is 43.2 Å². The lowest BCUT2D eigenvalue weighted by Crippen LogP contribution is -2.27. The van der Waals surface area contributed by atoms with Crippen molar-refractivity contribution in [2.45, 2.75) is 25.2 Å². The van der Waals surface area contributed by atoms with Gasteiger partial charge in [-0.25, -0.2) is 14.4 Å². The van der Waals surface area contributed by atoms with Gasteiger partial charge < -0.3 is 35.1 Å². The number of nitrogens with two attached hydrogens (primary N) is 1. The van der Waals surface area contributed by atoms with Crippen LogP contribution in [0.15, 0.2) is 42.5 Å². The largest absolute Gasteiger partial charge is 0.490 e. The normalized spacial score (nSPS) is 12.2. The number of ether oxygens (including phenoxy) is 3. The predicted octanol–water partition coefficient (Wildman–Crippen LogP) is 3.80. The van der Waals surface area contributed by atoms with Crippen molar-refractivity contribution in [3.8, 4) is 17.6 Å². The van der Waals surface area contributed by atoms with Crippen LogP contribution in [0, 0.1) is 22.1 Å². The standard InChI is InChI=1S/C23H25N5O4.2C2HF3O2/c24-9-12-30-19-8-7-18(21(25)26)15-20(19)31-13-14-32-23(29)17-5-3-16(4-6-17)22(27)28-10-1-2-11-28;2*3-2(4,5)1(6)7/h3-8,15,27H,1-2,10-14H2,(H3,25,26);2*(H,6,7). The predicted molar refractivity (Wildman–Crippen MR) is 146 cm³/mol. The molecule has 0 bridgehead atoms. The fraction of sp³-hybridized carbons (Fsp3) is 0.333.